The van der Waals surface area contributed by atoms with Crippen molar-refractivity contribution in [3.63, 3.8) is 0 Å². The summed E-state index contributed by atoms with van der Waals surface area (Å²) in [5, 5.41) is 4.11. The molecule has 6 heteroatoms. The van der Waals surface area contributed by atoms with Crippen LogP contribution in [0.15, 0.2) is 35.7 Å². The zero-order chi connectivity index (χ0) is 14.7. The maximum atomic E-state index is 5.43. The van der Waals surface area contributed by atoms with Crippen LogP contribution in [0.25, 0.3) is 0 Å². The van der Waals surface area contributed by atoms with Gasteiger partial charge in [0, 0.05) is 24.2 Å². The van der Waals surface area contributed by atoms with Crippen LogP contribution in [0.2, 0.25) is 0 Å². The average Bonchev–Trinajstić information content (AvgIpc) is 2.97. The van der Waals surface area contributed by atoms with Crippen molar-refractivity contribution in [1.82, 2.24) is 15.3 Å². The number of thioether (sulfide) groups is 1. The Morgan fingerprint density at radius 1 is 1.24 bits per heavy atom. The third-order valence-corrected chi connectivity index (χ3v) is 4.25. The number of aryl methyl sites for hydroxylation is 1. The van der Waals surface area contributed by atoms with E-state index in [0.717, 1.165) is 28.0 Å². The lowest BCUT2D eigenvalue weighted by Crippen LogP contribution is -2.18. The summed E-state index contributed by atoms with van der Waals surface area (Å²) in [5.74, 6) is 2.46. The Hall–Kier alpha value is -1.79. The van der Waals surface area contributed by atoms with Gasteiger partial charge in [0.15, 0.2) is 16.7 Å². The van der Waals surface area contributed by atoms with E-state index < -0.39 is 0 Å². The summed E-state index contributed by atoms with van der Waals surface area (Å²) in [6, 6.07) is 6.25. The van der Waals surface area contributed by atoms with Gasteiger partial charge >= 0.3 is 0 Å². The topological polar surface area (TPSA) is 56.3 Å². The predicted octanol–water partition coefficient (Wildman–Crippen LogP) is 2.57. The van der Waals surface area contributed by atoms with Gasteiger partial charge in [0.25, 0.3) is 0 Å². The van der Waals surface area contributed by atoms with E-state index in [0.29, 0.717) is 6.79 Å². The maximum Gasteiger partial charge on any atom is 0.231 e. The second-order valence-corrected chi connectivity index (χ2v) is 5.80. The molecule has 1 aromatic heterocycles. The molecule has 1 aliphatic rings. The van der Waals surface area contributed by atoms with Gasteiger partial charge in [0.1, 0.15) is 0 Å². The highest BCUT2D eigenvalue weighted by Crippen LogP contribution is 2.35. The van der Waals surface area contributed by atoms with Crippen LogP contribution >= 0.6 is 11.8 Å². The Balaban J connectivity index is 1.68. The normalized spacial score (nSPS) is 14.2. The number of nitrogens with one attached hydrogen (secondary N) is 1. The van der Waals surface area contributed by atoms with Crippen LogP contribution in [0.4, 0.5) is 0 Å². The third kappa shape index (κ3) is 3.28. The molecule has 0 fully saturated rings. The fourth-order valence-electron chi connectivity index (χ4n) is 2.09. The number of rotatable bonds is 5. The summed E-state index contributed by atoms with van der Waals surface area (Å²) in [6.45, 7) is 2.28. The van der Waals surface area contributed by atoms with Crippen molar-refractivity contribution in [3.05, 3.63) is 41.7 Å². The summed E-state index contributed by atoms with van der Waals surface area (Å²) in [5.41, 5.74) is 2.24. The molecule has 0 aliphatic carbocycles. The molecular weight excluding hydrogens is 286 g/mol. The van der Waals surface area contributed by atoms with E-state index in [-0.39, 0.29) is 6.04 Å². The number of nitrogens with zero attached hydrogens (tertiary/aromatic N) is 2. The minimum atomic E-state index is 0.203. The van der Waals surface area contributed by atoms with E-state index >= 15 is 0 Å². The molecule has 1 N–H and O–H groups in total. The molecule has 0 saturated carbocycles. The first-order chi connectivity index (χ1) is 10.3. The zero-order valence-electron chi connectivity index (χ0n) is 12.0. The van der Waals surface area contributed by atoms with Crippen LogP contribution < -0.4 is 14.8 Å². The summed E-state index contributed by atoms with van der Waals surface area (Å²) in [6.07, 6.45) is 3.68. The van der Waals surface area contributed by atoms with Crippen molar-refractivity contribution in [2.75, 3.05) is 19.6 Å². The Kier molecular flexibility index (Phi) is 4.26. The van der Waals surface area contributed by atoms with Crippen molar-refractivity contribution in [1.29, 1.82) is 0 Å². The van der Waals surface area contributed by atoms with E-state index in [1.807, 2.05) is 38.5 Å². The lowest BCUT2D eigenvalue weighted by atomic mass is 10.1. The highest BCUT2D eigenvalue weighted by atomic mass is 32.2. The molecule has 0 radical (unpaired) electrons. The monoisotopic (exact) mass is 303 g/mol. The van der Waals surface area contributed by atoms with Gasteiger partial charge in [0.2, 0.25) is 6.79 Å². The first-order valence-electron chi connectivity index (χ1n) is 6.74. The van der Waals surface area contributed by atoms with Gasteiger partial charge in [-0.25, -0.2) is 9.97 Å². The molecule has 3 rings (SSSR count). The molecule has 0 saturated heterocycles. The van der Waals surface area contributed by atoms with E-state index in [9.17, 15) is 0 Å². The molecule has 2 heterocycles. The second kappa shape index (κ2) is 6.32. The maximum absolute atomic E-state index is 5.43. The van der Waals surface area contributed by atoms with Gasteiger partial charge in [-0.2, -0.15) is 0 Å². The lowest BCUT2D eigenvalue weighted by Gasteiger charge is -2.16. The fraction of sp³-hybridized carbons (Fsp3) is 0.333. The van der Waals surface area contributed by atoms with Gasteiger partial charge in [-0.1, -0.05) is 17.8 Å². The molecule has 110 valence electrons. The van der Waals surface area contributed by atoms with Crippen molar-refractivity contribution >= 4 is 11.8 Å². The standard InChI is InChI=1S/C15H17N3O2S/c1-10-6-17-15(18-7-10)21-8-12(16-2)11-3-4-13-14(5-11)20-9-19-13/h3-7,12,16H,8-9H2,1-2H3. The van der Waals surface area contributed by atoms with Crippen LogP contribution in [0, 0.1) is 6.92 Å². The Morgan fingerprint density at radius 3 is 2.76 bits per heavy atom. The van der Waals surface area contributed by atoms with Gasteiger partial charge in [-0.05, 0) is 37.2 Å². The number of benzene rings is 1. The molecule has 1 unspecified atom stereocenters. The average molecular weight is 303 g/mol. The summed E-state index contributed by atoms with van der Waals surface area (Å²) >= 11 is 1.63. The highest BCUT2D eigenvalue weighted by Gasteiger charge is 2.17. The van der Waals surface area contributed by atoms with Crippen LogP contribution in [-0.2, 0) is 0 Å². The smallest absolute Gasteiger partial charge is 0.231 e. The van der Waals surface area contributed by atoms with Crippen molar-refractivity contribution in [2.24, 2.45) is 0 Å². The van der Waals surface area contributed by atoms with E-state index in [1.54, 1.807) is 11.8 Å². The minimum absolute atomic E-state index is 0.203. The minimum Gasteiger partial charge on any atom is -0.454 e. The lowest BCUT2D eigenvalue weighted by molar-refractivity contribution is 0.174. The molecule has 0 bridgehead atoms. The van der Waals surface area contributed by atoms with Crippen LogP contribution in [0.1, 0.15) is 17.2 Å². The summed E-state index contributed by atoms with van der Waals surface area (Å²) in [7, 11) is 1.95. The molecule has 21 heavy (non-hydrogen) atoms. The number of fused-ring (bicyclic) bond motifs is 1. The van der Waals surface area contributed by atoms with Crippen molar-refractivity contribution < 1.29 is 9.47 Å². The van der Waals surface area contributed by atoms with Crippen molar-refractivity contribution in [3.8, 4) is 11.5 Å². The molecule has 1 atom stereocenters. The first-order valence-corrected chi connectivity index (χ1v) is 7.73. The largest absolute Gasteiger partial charge is 0.454 e. The molecule has 0 spiro atoms. The van der Waals surface area contributed by atoms with Crippen LogP contribution in [0.3, 0.4) is 0 Å². The summed E-state index contributed by atoms with van der Waals surface area (Å²) in [4.78, 5) is 8.63. The Morgan fingerprint density at radius 2 is 2.00 bits per heavy atom. The van der Waals surface area contributed by atoms with Crippen LogP contribution in [0.5, 0.6) is 11.5 Å². The first kappa shape index (κ1) is 14.2. The number of aromatic nitrogens is 2. The number of ether oxygens (including phenoxy) is 2. The Labute approximate surface area is 128 Å². The van der Waals surface area contributed by atoms with Crippen molar-refractivity contribution in [2.45, 2.75) is 18.1 Å². The molecule has 1 aromatic carbocycles. The Bertz CT molecular complexity index is 619. The number of hydrogen-bond donors (Lipinski definition) is 1. The predicted molar refractivity (Wildman–Crippen MR) is 81.9 cm³/mol. The van der Waals surface area contributed by atoms with Gasteiger partial charge in [-0.15, -0.1) is 0 Å². The molecular formula is C15H17N3O2S. The van der Waals surface area contributed by atoms with Gasteiger partial charge in [0.05, 0.1) is 0 Å². The van der Waals surface area contributed by atoms with Gasteiger partial charge < -0.3 is 14.8 Å². The number of hydrogen-bond acceptors (Lipinski definition) is 6. The van der Waals surface area contributed by atoms with E-state index in [1.165, 1.54) is 5.56 Å². The molecule has 0 amide bonds. The summed E-state index contributed by atoms with van der Waals surface area (Å²) < 4.78 is 10.8. The van der Waals surface area contributed by atoms with Crippen LogP contribution in [-0.4, -0.2) is 29.6 Å². The molecule has 2 aromatic rings. The molecule has 5 nitrogen and oxygen atoms in total. The second-order valence-electron chi connectivity index (χ2n) is 4.81. The zero-order valence-corrected chi connectivity index (χ0v) is 12.8. The fourth-order valence-corrected chi connectivity index (χ4v) is 3.02. The highest BCUT2D eigenvalue weighted by molar-refractivity contribution is 7.99. The van der Waals surface area contributed by atoms with E-state index in [4.69, 9.17) is 9.47 Å². The quantitative estimate of drug-likeness (QED) is 0.677. The molecule has 1 aliphatic heterocycles. The van der Waals surface area contributed by atoms with Gasteiger partial charge in [-0.3, -0.25) is 0 Å². The SMILES string of the molecule is CNC(CSc1ncc(C)cn1)c1ccc2c(c1)OCO2. The van der Waals surface area contributed by atoms with E-state index in [2.05, 4.69) is 21.4 Å². The third-order valence-electron chi connectivity index (χ3n) is 3.28.